The summed E-state index contributed by atoms with van der Waals surface area (Å²) >= 11 is 1.53. The first kappa shape index (κ1) is 15.0. The molecule has 6 heteroatoms. The molecule has 1 heterocycles. The number of aliphatic carboxylic acids is 1. The molecule has 0 spiro atoms. The summed E-state index contributed by atoms with van der Waals surface area (Å²) in [5.74, 6) is -0.818. The molecule has 1 aliphatic carbocycles. The Hall–Kier alpha value is -1.40. The minimum atomic E-state index is -0.798. The van der Waals surface area contributed by atoms with E-state index in [9.17, 15) is 9.59 Å². The summed E-state index contributed by atoms with van der Waals surface area (Å²) in [5, 5.41) is 15.7. The zero-order valence-electron chi connectivity index (χ0n) is 11.8. The third-order valence-corrected chi connectivity index (χ3v) is 4.67. The largest absolute Gasteiger partial charge is 0.480 e. The second-order valence-electron chi connectivity index (χ2n) is 5.22. The molecule has 0 unspecified atom stereocenters. The van der Waals surface area contributed by atoms with Gasteiger partial charge in [0.1, 0.15) is 0 Å². The van der Waals surface area contributed by atoms with Crippen molar-refractivity contribution in [1.82, 2.24) is 10.2 Å². The fourth-order valence-corrected chi connectivity index (χ4v) is 3.36. The number of likely N-dealkylation sites (N-methyl/N-ethyl adjacent to an activating group) is 1. The molecule has 1 amide bonds. The van der Waals surface area contributed by atoms with Crippen LogP contribution in [0.3, 0.4) is 0 Å². The predicted molar refractivity (Wildman–Crippen MR) is 78.2 cm³/mol. The zero-order chi connectivity index (χ0) is 14.7. The smallest absolute Gasteiger partial charge is 0.317 e. The van der Waals surface area contributed by atoms with Crippen LogP contribution in [0.2, 0.25) is 0 Å². The van der Waals surface area contributed by atoms with Gasteiger partial charge in [0.2, 0.25) is 0 Å². The molecule has 0 atom stereocenters. The number of hydrogen-bond acceptors (Lipinski definition) is 4. The van der Waals surface area contributed by atoms with Crippen molar-refractivity contribution in [2.75, 3.05) is 13.1 Å². The van der Waals surface area contributed by atoms with Crippen LogP contribution in [0, 0.1) is 6.92 Å². The minimum Gasteiger partial charge on any atom is -0.480 e. The number of nitrogens with zero attached hydrogens (tertiary/aromatic N) is 1. The Morgan fingerprint density at radius 1 is 1.45 bits per heavy atom. The molecule has 0 saturated heterocycles. The number of hydrogen-bond donors (Lipinski definition) is 2. The second-order valence-corrected chi connectivity index (χ2v) is 5.96. The molecule has 0 aliphatic heterocycles. The standard InChI is InChI=1S/C14H20N2O3S/c1-3-16(6-13(17)18)11-4-10(5-11)15-14(19)12-8-20-7-9(12)2/h7-8,10-11H,3-6H2,1-2H3,(H,15,19)(H,17,18). The monoisotopic (exact) mass is 296 g/mol. The van der Waals surface area contributed by atoms with Crippen LogP contribution in [0.15, 0.2) is 10.8 Å². The highest BCUT2D eigenvalue weighted by Crippen LogP contribution is 2.26. The summed E-state index contributed by atoms with van der Waals surface area (Å²) in [4.78, 5) is 24.7. The van der Waals surface area contributed by atoms with Crippen LogP contribution in [0.1, 0.15) is 35.7 Å². The van der Waals surface area contributed by atoms with Crippen molar-refractivity contribution in [2.24, 2.45) is 0 Å². The first-order chi connectivity index (χ1) is 9.51. The molecule has 20 heavy (non-hydrogen) atoms. The highest BCUT2D eigenvalue weighted by atomic mass is 32.1. The Balaban J connectivity index is 1.80. The molecule has 1 saturated carbocycles. The van der Waals surface area contributed by atoms with Crippen molar-refractivity contribution in [2.45, 2.75) is 38.8 Å². The number of nitrogens with one attached hydrogen (secondary N) is 1. The number of aryl methyl sites for hydroxylation is 1. The molecule has 1 fully saturated rings. The Morgan fingerprint density at radius 2 is 2.15 bits per heavy atom. The average Bonchev–Trinajstić information content (AvgIpc) is 2.76. The maximum atomic E-state index is 12.0. The first-order valence-corrected chi connectivity index (χ1v) is 7.75. The Bertz CT molecular complexity index is 494. The van der Waals surface area contributed by atoms with Crippen LogP contribution in [0.25, 0.3) is 0 Å². The lowest BCUT2D eigenvalue weighted by Gasteiger charge is -2.42. The van der Waals surface area contributed by atoms with Crippen molar-refractivity contribution in [3.05, 3.63) is 21.9 Å². The molecule has 1 aliphatic rings. The summed E-state index contributed by atoms with van der Waals surface area (Å²) in [7, 11) is 0. The summed E-state index contributed by atoms with van der Waals surface area (Å²) in [6.45, 7) is 4.69. The summed E-state index contributed by atoms with van der Waals surface area (Å²) in [6.07, 6.45) is 1.66. The van der Waals surface area contributed by atoms with Crippen LogP contribution in [-0.2, 0) is 4.79 Å². The number of carboxylic acid groups (broad SMARTS) is 1. The Labute approximate surface area is 122 Å². The number of carbonyl (C=O) groups is 2. The van der Waals surface area contributed by atoms with Gasteiger partial charge in [0, 0.05) is 17.5 Å². The molecule has 2 N–H and O–H groups in total. The van der Waals surface area contributed by atoms with E-state index in [4.69, 9.17) is 5.11 Å². The van der Waals surface area contributed by atoms with Gasteiger partial charge < -0.3 is 10.4 Å². The summed E-state index contributed by atoms with van der Waals surface area (Å²) < 4.78 is 0. The van der Waals surface area contributed by atoms with Gasteiger partial charge >= 0.3 is 5.97 Å². The number of carbonyl (C=O) groups excluding carboxylic acids is 1. The van der Waals surface area contributed by atoms with Crippen LogP contribution in [-0.4, -0.2) is 47.1 Å². The van der Waals surface area contributed by atoms with Crippen LogP contribution in [0.4, 0.5) is 0 Å². The van der Waals surface area contributed by atoms with Crippen molar-refractivity contribution in [3.63, 3.8) is 0 Å². The molecule has 1 aromatic rings. The minimum absolute atomic E-state index is 0.0199. The lowest BCUT2D eigenvalue weighted by molar-refractivity contribution is -0.139. The molecule has 0 bridgehead atoms. The highest BCUT2D eigenvalue weighted by molar-refractivity contribution is 7.08. The van der Waals surface area contributed by atoms with Gasteiger partial charge in [-0.15, -0.1) is 0 Å². The maximum absolute atomic E-state index is 12.0. The molecular weight excluding hydrogens is 276 g/mol. The van der Waals surface area contributed by atoms with Crippen molar-refractivity contribution >= 4 is 23.2 Å². The molecule has 110 valence electrons. The average molecular weight is 296 g/mol. The van der Waals surface area contributed by atoms with E-state index < -0.39 is 5.97 Å². The fraction of sp³-hybridized carbons (Fsp3) is 0.571. The number of amides is 1. The Kier molecular flexibility index (Phi) is 4.77. The zero-order valence-corrected chi connectivity index (χ0v) is 12.6. The highest BCUT2D eigenvalue weighted by Gasteiger charge is 2.34. The fourth-order valence-electron chi connectivity index (χ4n) is 2.53. The third-order valence-electron chi connectivity index (χ3n) is 3.81. The van der Waals surface area contributed by atoms with Gasteiger partial charge in [-0.25, -0.2) is 0 Å². The predicted octanol–water partition coefficient (Wildman–Crippen LogP) is 1.72. The van der Waals surface area contributed by atoms with Crippen molar-refractivity contribution in [3.8, 4) is 0 Å². The molecule has 5 nitrogen and oxygen atoms in total. The van der Waals surface area contributed by atoms with Gasteiger partial charge in [-0.05, 0) is 37.3 Å². The number of rotatable bonds is 6. The van der Waals surface area contributed by atoms with E-state index in [1.165, 1.54) is 11.3 Å². The maximum Gasteiger partial charge on any atom is 0.317 e. The van der Waals surface area contributed by atoms with Gasteiger partial charge in [0.25, 0.3) is 5.91 Å². The summed E-state index contributed by atoms with van der Waals surface area (Å²) in [6, 6.07) is 0.430. The Morgan fingerprint density at radius 3 is 2.65 bits per heavy atom. The SMILES string of the molecule is CCN(CC(=O)O)C1CC(NC(=O)c2cscc2C)C1. The quantitative estimate of drug-likeness (QED) is 0.838. The van der Waals surface area contributed by atoms with E-state index in [1.807, 2.05) is 29.5 Å². The lowest BCUT2D eigenvalue weighted by atomic mass is 9.85. The lowest BCUT2D eigenvalue weighted by Crippen LogP contribution is -2.54. The molecule has 2 rings (SSSR count). The van der Waals surface area contributed by atoms with Gasteiger partial charge in [-0.1, -0.05) is 6.92 Å². The first-order valence-electron chi connectivity index (χ1n) is 6.80. The van der Waals surface area contributed by atoms with E-state index >= 15 is 0 Å². The molecular formula is C14H20N2O3S. The van der Waals surface area contributed by atoms with E-state index in [2.05, 4.69) is 5.32 Å². The third kappa shape index (κ3) is 3.37. The molecule has 0 aromatic carbocycles. The van der Waals surface area contributed by atoms with E-state index in [0.717, 1.165) is 30.5 Å². The van der Waals surface area contributed by atoms with Gasteiger partial charge in [-0.2, -0.15) is 11.3 Å². The number of carboxylic acids is 1. The molecule has 0 radical (unpaired) electrons. The van der Waals surface area contributed by atoms with Crippen LogP contribution < -0.4 is 5.32 Å². The van der Waals surface area contributed by atoms with Crippen LogP contribution >= 0.6 is 11.3 Å². The van der Waals surface area contributed by atoms with Gasteiger partial charge in [-0.3, -0.25) is 14.5 Å². The van der Waals surface area contributed by atoms with E-state index in [-0.39, 0.29) is 24.5 Å². The van der Waals surface area contributed by atoms with Crippen LogP contribution in [0.5, 0.6) is 0 Å². The van der Waals surface area contributed by atoms with Crippen molar-refractivity contribution in [1.29, 1.82) is 0 Å². The van der Waals surface area contributed by atoms with Gasteiger partial charge in [0.05, 0.1) is 12.1 Å². The summed E-state index contributed by atoms with van der Waals surface area (Å²) in [5.41, 5.74) is 1.75. The van der Waals surface area contributed by atoms with Gasteiger partial charge in [0.15, 0.2) is 0 Å². The number of thiophene rings is 1. The second kappa shape index (κ2) is 6.37. The topological polar surface area (TPSA) is 69.6 Å². The van der Waals surface area contributed by atoms with E-state index in [0.29, 0.717) is 0 Å². The van der Waals surface area contributed by atoms with Crippen molar-refractivity contribution < 1.29 is 14.7 Å². The van der Waals surface area contributed by atoms with E-state index in [1.54, 1.807) is 0 Å². The normalized spacial score (nSPS) is 21.6. The molecule has 1 aromatic heterocycles.